The summed E-state index contributed by atoms with van der Waals surface area (Å²) in [7, 11) is -7.38. The van der Waals surface area contributed by atoms with Crippen LogP contribution in [0.5, 0.6) is 5.75 Å². The lowest BCUT2D eigenvalue weighted by molar-refractivity contribution is -0.114. The molecule has 9 nitrogen and oxygen atoms in total. The van der Waals surface area contributed by atoms with Gasteiger partial charge in [0.05, 0.1) is 12.0 Å². The van der Waals surface area contributed by atoms with Gasteiger partial charge in [-0.3, -0.25) is 4.79 Å². The second kappa shape index (κ2) is 9.71. The highest BCUT2D eigenvalue weighted by Gasteiger charge is 2.35. The molecule has 1 fully saturated rings. The Morgan fingerprint density at radius 3 is 2.06 bits per heavy atom. The van der Waals surface area contributed by atoms with Gasteiger partial charge in [-0.25, -0.2) is 25.6 Å². The highest BCUT2D eigenvalue weighted by molar-refractivity contribution is 7.89. The standard InChI is InChI=1S/C20H23F2N3O6S2/c1-14(26)23-15-5-3-6-17(11-15)32(27,28)24-7-4-8-25(10-9-24)33(29,30)20-18(21)12-16(31-2)13-19(20)22/h3,5-6,11-13H,4,7-10H2,1-2H3,(H,23,26). The molecular weight excluding hydrogens is 480 g/mol. The number of methoxy groups -OCH3 is 1. The number of amides is 1. The lowest BCUT2D eigenvalue weighted by Crippen LogP contribution is -2.38. The minimum Gasteiger partial charge on any atom is -0.497 e. The van der Waals surface area contributed by atoms with Crippen LogP contribution in [0.25, 0.3) is 0 Å². The lowest BCUT2D eigenvalue weighted by Gasteiger charge is -2.22. The average Bonchev–Trinajstić information content (AvgIpc) is 3.00. The van der Waals surface area contributed by atoms with Crippen LogP contribution in [0.4, 0.5) is 14.5 Å². The van der Waals surface area contributed by atoms with Crippen molar-refractivity contribution in [2.75, 3.05) is 38.6 Å². The van der Waals surface area contributed by atoms with Crippen LogP contribution in [0.15, 0.2) is 46.2 Å². The number of benzene rings is 2. The maximum Gasteiger partial charge on any atom is 0.248 e. The number of carbonyl (C=O) groups excluding carboxylic acids is 1. The highest BCUT2D eigenvalue weighted by atomic mass is 32.2. The number of ether oxygens (including phenoxy) is 1. The van der Waals surface area contributed by atoms with E-state index < -0.39 is 36.6 Å². The van der Waals surface area contributed by atoms with Crippen LogP contribution in [-0.4, -0.2) is 64.6 Å². The van der Waals surface area contributed by atoms with Gasteiger partial charge in [0.1, 0.15) is 17.4 Å². The summed E-state index contributed by atoms with van der Waals surface area (Å²) < 4.78 is 87.6. The summed E-state index contributed by atoms with van der Waals surface area (Å²) in [5, 5.41) is 2.51. The number of nitrogens with one attached hydrogen (secondary N) is 1. The van der Waals surface area contributed by atoms with E-state index in [1.54, 1.807) is 0 Å². The van der Waals surface area contributed by atoms with E-state index in [1.165, 1.54) is 38.3 Å². The Kier molecular flexibility index (Phi) is 7.36. The molecule has 2 aromatic carbocycles. The Labute approximate surface area is 191 Å². The summed E-state index contributed by atoms with van der Waals surface area (Å²) in [6.45, 7) is 0.667. The molecule has 0 aliphatic carbocycles. The third-order valence-corrected chi connectivity index (χ3v) is 8.86. The van der Waals surface area contributed by atoms with Crippen LogP contribution >= 0.6 is 0 Å². The number of rotatable bonds is 6. The molecule has 33 heavy (non-hydrogen) atoms. The van der Waals surface area contributed by atoms with Gasteiger partial charge in [-0.15, -0.1) is 0 Å². The van der Waals surface area contributed by atoms with Gasteiger partial charge in [0.2, 0.25) is 26.0 Å². The first-order valence-electron chi connectivity index (χ1n) is 9.88. The van der Waals surface area contributed by atoms with Crippen LogP contribution in [0, 0.1) is 11.6 Å². The van der Waals surface area contributed by atoms with Gasteiger partial charge in [-0.05, 0) is 24.6 Å². The second-order valence-electron chi connectivity index (χ2n) is 7.29. The molecule has 0 saturated carbocycles. The van der Waals surface area contributed by atoms with Gasteiger partial charge in [-0.2, -0.15) is 8.61 Å². The van der Waals surface area contributed by atoms with Gasteiger partial charge in [0.25, 0.3) is 0 Å². The zero-order valence-electron chi connectivity index (χ0n) is 17.9. The van der Waals surface area contributed by atoms with Crippen molar-refractivity contribution in [3.05, 3.63) is 48.0 Å². The van der Waals surface area contributed by atoms with Crippen molar-refractivity contribution in [1.29, 1.82) is 0 Å². The first-order valence-corrected chi connectivity index (χ1v) is 12.8. The molecule has 1 aliphatic heterocycles. The van der Waals surface area contributed by atoms with Crippen molar-refractivity contribution in [1.82, 2.24) is 8.61 Å². The largest absolute Gasteiger partial charge is 0.497 e. The molecule has 3 rings (SSSR count). The zero-order chi connectivity index (χ0) is 24.4. The van der Waals surface area contributed by atoms with Crippen molar-refractivity contribution < 1.29 is 35.1 Å². The van der Waals surface area contributed by atoms with E-state index in [2.05, 4.69) is 5.32 Å². The van der Waals surface area contributed by atoms with E-state index in [4.69, 9.17) is 4.74 Å². The highest BCUT2D eigenvalue weighted by Crippen LogP contribution is 2.28. The molecule has 0 unspecified atom stereocenters. The molecule has 1 saturated heterocycles. The van der Waals surface area contributed by atoms with E-state index in [1.807, 2.05) is 0 Å². The fourth-order valence-electron chi connectivity index (χ4n) is 3.47. The summed E-state index contributed by atoms with van der Waals surface area (Å²) >= 11 is 0. The number of hydrogen-bond acceptors (Lipinski definition) is 6. The summed E-state index contributed by atoms with van der Waals surface area (Å²) in [6, 6.07) is 7.22. The Morgan fingerprint density at radius 2 is 1.52 bits per heavy atom. The number of sulfonamides is 2. The number of anilines is 1. The van der Waals surface area contributed by atoms with Crippen molar-refractivity contribution in [3.63, 3.8) is 0 Å². The van der Waals surface area contributed by atoms with Crippen molar-refractivity contribution in [3.8, 4) is 5.75 Å². The number of halogens is 2. The van der Waals surface area contributed by atoms with Crippen LogP contribution in [0.2, 0.25) is 0 Å². The first-order chi connectivity index (χ1) is 15.5. The number of hydrogen-bond donors (Lipinski definition) is 1. The molecule has 13 heteroatoms. The number of carbonyl (C=O) groups is 1. The third-order valence-electron chi connectivity index (χ3n) is 5.01. The van der Waals surface area contributed by atoms with Gasteiger partial charge in [0.15, 0.2) is 4.90 Å². The zero-order valence-corrected chi connectivity index (χ0v) is 19.5. The van der Waals surface area contributed by atoms with E-state index in [-0.39, 0.29) is 49.2 Å². The van der Waals surface area contributed by atoms with Crippen molar-refractivity contribution in [2.24, 2.45) is 0 Å². The average molecular weight is 504 g/mol. The Bertz CT molecular complexity index is 1250. The summed E-state index contributed by atoms with van der Waals surface area (Å²) in [5.41, 5.74) is 0.299. The van der Waals surface area contributed by atoms with Crippen LogP contribution in [-0.2, 0) is 24.8 Å². The van der Waals surface area contributed by atoms with Crippen LogP contribution in [0.3, 0.4) is 0 Å². The summed E-state index contributed by atoms with van der Waals surface area (Å²) in [4.78, 5) is 10.1. The Hall–Kier alpha value is -2.61. The lowest BCUT2D eigenvalue weighted by atomic mass is 10.3. The van der Waals surface area contributed by atoms with Crippen molar-refractivity contribution >= 4 is 31.6 Å². The van der Waals surface area contributed by atoms with Gasteiger partial charge < -0.3 is 10.1 Å². The molecule has 2 aromatic rings. The van der Waals surface area contributed by atoms with Gasteiger partial charge in [0, 0.05) is 50.9 Å². The second-order valence-corrected chi connectivity index (χ2v) is 11.1. The smallest absolute Gasteiger partial charge is 0.248 e. The van der Waals surface area contributed by atoms with Crippen molar-refractivity contribution in [2.45, 2.75) is 23.1 Å². The molecule has 1 aliphatic rings. The predicted molar refractivity (Wildman–Crippen MR) is 116 cm³/mol. The normalized spacial score (nSPS) is 16.2. The molecule has 1 amide bonds. The maximum atomic E-state index is 14.4. The maximum absolute atomic E-state index is 14.4. The van der Waals surface area contributed by atoms with Crippen LogP contribution < -0.4 is 10.1 Å². The molecule has 0 bridgehead atoms. The molecular formula is C20H23F2N3O6S2. The topological polar surface area (TPSA) is 113 Å². The van der Waals surface area contributed by atoms with E-state index in [9.17, 15) is 30.4 Å². The fourth-order valence-corrected chi connectivity index (χ4v) is 6.54. The monoisotopic (exact) mass is 503 g/mol. The molecule has 0 atom stereocenters. The van der Waals surface area contributed by atoms with Gasteiger partial charge >= 0.3 is 0 Å². The van der Waals surface area contributed by atoms with E-state index in [0.29, 0.717) is 5.69 Å². The third kappa shape index (κ3) is 5.32. The molecule has 1 heterocycles. The molecule has 0 spiro atoms. The van der Waals surface area contributed by atoms with E-state index in [0.717, 1.165) is 20.7 Å². The summed E-state index contributed by atoms with van der Waals surface area (Å²) in [6.07, 6.45) is 0.114. The quantitative estimate of drug-likeness (QED) is 0.645. The number of nitrogens with zero attached hydrogens (tertiary/aromatic N) is 2. The first kappa shape index (κ1) is 25.0. The minimum absolute atomic E-state index is 0.00624. The van der Waals surface area contributed by atoms with Gasteiger partial charge in [-0.1, -0.05) is 6.07 Å². The SMILES string of the molecule is COc1cc(F)c(S(=O)(=O)N2CCCN(S(=O)(=O)c3cccc(NC(C)=O)c3)CC2)c(F)c1. The predicted octanol–water partition coefficient (Wildman–Crippen LogP) is 2.02. The summed E-state index contributed by atoms with van der Waals surface area (Å²) in [5.74, 6) is -3.12. The Balaban J connectivity index is 1.84. The molecule has 0 radical (unpaired) electrons. The Morgan fingerprint density at radius 1 is 0.939 bits per heavy atom. The fraction of sp³-hybridized carbons (Fsp3) is 0.350. The molecule has 1 N–H and O–H groups in total. The molecule has 0 aromatic heterocycles. The van der Waals surface area contributed by atoms with Crippen LogP contribution in [0.1, 0.15) is 13.3 Å². The van der Waals surface area contributed by atoms with E-state index >= 15 is 0 Å². The molecule has 180 valence electrons. The minimum atomic E-state index is -4.57.